The lowest BCUT2D eigenvalue weighted by atomic mass is 10.1. The zero-order chi connectivity index (χ0) is 13.8. The van der Waals surface area contributed by atoms with Crippen molar-refractivity contribution in [3.05, 3.63) is 11.9 Å². The first kappa shape index (κ1) is 13.9. The summed E-state index contributed by atoms with van der Waals surface area (Å²) >= 11 is 0. The molecule has 1 aliphatic heterocycles. The zero-order valence-corrected chi connectivity index (χ0v) is 10.4. The maximum atomic E-state index is 10.4. The van der Waals surface area contributed by atoms with Gasteiger partial charge in [-0.15, -0.1) is 5.10 Å². The van der Waals surface area contributed by atoms with E-state index in [2.05, 4.69) is 15.6 Å². The summed E-state index contributed by atoms with van der Waals surface area (Å²) in [6.45, 7) is 0.788. The van der Waals surface area contributed by atoms with E-state index in [9.17, 15) is 15.0 Å². The molecule has 2 heterocycles. The van der Waals surface area contributed by atoms with Crippen LogP contribution in [0.15, 0.2) is 6.20 Å². The van der Waals surface area contributed by atoms with Crippen LogP contribution in [0.1, 0.15) is 18.5 Å². The van der Waals surface area contributed by atoms with Crippen molar-refractivity contribution in [3.8, 4) is 0 Å². The molecule has 0 radical (unpaired) electrons. The molecule has 8 nitrogen and oxygen atoms in total. The highest BCUT2D eigenvalue weighted by Crippen LogP contribution is 2.10. The monoisotopic (exact) mass is 270 g/mol. The number of hydrogen-bond donors (Lipinski definition) is 4. The van der Waals surface area contributed by atoms with E-state index in [0.29, 0.717) is 25.9 Å². The van der Waals surface area contributed by atoms with E-state index in [0.717, 1.165) is 5.69 Å². The number of carboxylic acid groups (broad SMARTS) is 1. The number of aliphatic carboxylic acids is 1. The van der Waals surface area contributed by atoms with Crippen LogP contribution >= 0.6 is 0 Å². The lowest BCUT2D eigenvalue weighted by Gasteiger charge is -2.15. The van der Waals surface area contributed by atoms with Crippen LogP contribution < -0.4 is 5.32 Å². The second-order valence-electron chi connectivity index (χ2n) is 4.75. The Labute approximate surface area is 110 Å². The van der Waals surface area contributed by atoms with Gasteiger partial charge in [-0.25, -0.2) is 0 Å². The summed E-state index contributed by atoms with van der Waals surface area (Å²) in [7, 11) is 0. The van der Waals surface area contributed by atoms with Gasteiger partial charge in [-0.3, -0.25) is 9.48 Å². The van der Waals surface area contributed by atoms with Crippen LogP contribution in [-0.2, 0) is 17.8 Å². The van der Waals surface area contributed by atoms with Crippen molar-refractivity contribution >= 4 is 5.97 Å². The Hall–Kier alpha value is -1.51. The van der Waals surface area contributed by atoms with Crippen LogP contribution in [0.3, 0.4) is 0 Å². The fourth-order valence-electron chi connectivity index (χ4n) is 2.12. The van der Waals surface area contributed by atoms with Crippen LogP contribution in [0.25, 0.3) is 0 Å². The molecular weight excluding hydrogens is 252 g/mol. The van der Waals surface area contributed by atoms with Crippen molar-refractivity contribution < 1.29 is 20.1 Å². The topological polar surface area (TPSA) is 120 Å². The number of aliphatic hydroxyl groups excluding tert-OH is 2. The average molecular weight is 270 g/mol. The van der Waals surface area contributed by atoms with E-state index in [4.69, 9.17) is 5.11 Å². The summed E-state index contributed by atoms with van der Waals surface area (Å²) in [6, 6.07) is -0.247. The SMILES string of the molecule is O=C(O)CCCc1cn(C[C@@H]2NC[C@@H](O)[C@H]2O)nn1. The van der Waals surface area contributed by atoms with E-state index in [1.165, 1.54) is 0 Å². The highest BCUT2D eigenvalue weighted by Gasteiger charge is 2.33. The number of rotatable bonds is 6. The predicted octanol–water partition coefficient (Wildman–Crippen LogP) is -1.62. The molecule has 1 aliphatic rings. The van der Waals surface area contributed by atoms with Crippen molar-refractivity contribution in [2.75, 3.05) is 6.54 Å². The number of carbonyl (C=O) groups is 1. The van der Waals surface area contributed by atoms with Crippen molar-refractivity contribution in [2.24, 2.45) is 0 Å². The largest absolute Gasteiger partial charge is 0.481 e. The molecule has 0 aromatic carbocycles. The molecular formula is C11H18N4O4. The molecule has 19 heavy (non-hydrogen) atoms. The van der Waals surface area contributed by atoms with Gasteiger partial charge in [0.2, 0.25) is 0 Å². The Bertz CT molecular complexity index is 436. The first-order valence-corrected chi connectivity index (χ1v) is 6.26. The molecule has 1 saturated heterocycles. The fraction of sp³-hybridized carbons (Fsp3) is 0.727. The van der Waals surface area contributed by atoms with E-state index in [1.54, 1.807) is 10.9 Å². The fourth-order valence-corrected chi connectivity index (χ4v) is 2.12. The minimum atomic E-state index is -0.820. The molecule has 8 heteroatoms. The smallest absolute Gasteiger partial charge is 0.303 e. The Balaban J connectivity index is 1.82. The van der Waals surface area contributed by atoms with E-state index >= 15 is 0 Å². The van der Waals surface area contributed by atoms with Crippen molar-refractivity contribution in [1.82, 2.24) is 20.3 Å². The standard InChI is InChI=1S/C11H18N4O4/c16-9-4-12-8(11(9)19)6-15-5-7(13-14-15)2-1-3-10(17)18/h5,8-9,11-12,16,19H,1-4,6H2,(H,17,18)/t8-,9+,11-/m0/s1. The van der Waals surface area contributed by atoms with E-state index in [-0.39, 0.29) is 12.5 Å². The molecule has 0 spiro atoms. The summed E-state index contributed by atoms with van der Waals surface area (Å²) < 4.78 is 1.59. The third-order valence-electron chi connectivity index (χ3n) is 3.19. The Kier molecular flexibility index (Phi) is 4.46. The number of aryl methyl sites for hydroxylation is 1. The molecule has 1 aromatic rings. The Morgan fingerprint density at radius 3 is 2.95 bits per heavy atom. The van der Waals surface area contributed by atoms with E-state index in [1.807, 2.05) is 0 Å². The number of nitrogens with zero attached hydrogens (tertiary/aromatic N) is 3. The van der Waals surface area contributed by atoms with Crippen LogP contribution in [0, 0.1) is 0 Å². The predicted molar refractivity (Wildman–Crippen MR) is 64.4 cm³/mol. The van der Waals surface area contributed by atoms with Gasteiger partial charge in [-0.1, -0.05) is 5.21 Å². The van der Waals surface area contributed by atoms with Gasteiger partial charge in [-0.05, 0) is 12.8 Å². The second-order valence-corrected chi connectivity index (χ2v) is 4.75. The van der Waals surface area contributed by atoms with Gasteiger partial charge in [0, 0.05) is 19.2 Å². The van der Waals surface area contributed by atoms with Gasteiger partial charge in [0.15, 0.2) is 0 Å². The summed E-state index contributed by atoms with van der Waals surface area (Å²) in [6.07, 6.45) is 1.39. The van der Waals surface area contributed by atoms with Crippen molar-refractivity contribution in [2.45, 2.75) is 44.1 Å². The van der Waals surface area contributed by atoms with E-state index < -0.39 is 18.2 Å². The molecule has 2 rings (SSSR count). The quantitative estimate of drug-likeness (QED) is 0.490. The van der Waals surface area contributed by atoms with Crippen molar-refractivity contribution in [3.63, 3.8) is 0 Å². The van der Waals surface area contributed by atoms with Gasteiger partial charge in [0.05, 0.1) is 30.5 Å². The molecule has 0 aliphatic carbocycles. The molecule has 0 bridgehead atoms. The average Bonchev–Trinajstić information content (AvgIpc) is 2.91. The highest BCUT2D eigenvalue weighted by molar-refractivity contribution is 5.66. The molecule has 0 saturated carbocycles. The first-order valence-electron chi connectivity index (χ1n) is 6.26. The molecule has 106 valence electrons. The van der Waals surface area contributed by atoms with Gasteiger partial charge in [0.25, 0.3) is 0 Å². The van der Waals surface area contributed by atoms with Gasteiger partial charge in [-0.2, -0.15) is 0 Å². The Morgan fingerprint density at radius 2 is 2.32 bits per heavy atom. The number of aliphatic hydroxyl groups is 2. The zero-order valence-electron chi connectivity index (χ0n) is 10.4. The van der Waals surface area contributed by atoms with Gasteiger partial charge in [0.1, 0.15) is 0 Å². The summed E-state index contributed by atoms with van der Waals surface area (Å²) in [5.74, 6) is -0.820. The molecule has 1 aromatic heterocycles. The minimum Gasteiger partial charge on any atom is -0.481 e. The summed E-state index contributed by atoms with van der Waals surface area (Å²) in [5.41, 5.74) is 0.731. The first-order chi connectivity index (χ1) is 9.06. The summed E-state index contributed by atoms with van der Waals surface area (Å²) in [4.78, 5) is 10.4. The highest BCUT2D eigenvalue weighted by atomic mass is 16.4. The molecule has 4 N–H and O–H groups in total. The number of aromatic nitrogens is 3. The number of β-amino-alcohol motifs (C(OH)–C–C–N with tert-alkyl or cyclic N) is 1. The minimum absolute atomic E-state index is 0.113. The molecule has 0 amide bonds. The number of hydrogen-bond acceptors (Lipinski definition) is 6. The third-order valence-corrected chi connectivity index (χ3v) is 3.19. The van der Waals surface area contributed by atoms with Gasteiger partial charge < -0.3 is 20.6 Å². The van der Waals surface area contributed by atoms with Crippen LogP contribution in [-0.4, -0.2) is 61.1 Å². The van der Waals surface area contributed by atoms with Gasteiger partial charge >= 0.3 is 5.97 Å². The molecule has 1 fully saturated rings. The molecule has 3 atom stereocenters. The maximum absolute atomic E-state index is 10.4. The summed E-state index contributed by atoms with van der Waals surface area (Å²) in [5, 5.41) is 38.5. The lowest BCUT2D eigenvalue weighted by molar-refractivity contribution is -0.137. The Morgan fingerprint density at radius 1 is 1.53 bits per heavy atom. The normalized spacial score (nSPS) is 26.7. The van der Waals surface area contributed by atoms with Crippen molar-refractivity contribution in [1.29, 1.82) is 0 Å². The van der Waals surface area contributed by atoms with Crippen LogP contribution in [0.4, 0.5) is 0 Å². The second kappa shape index (κ2) is 6.09. The third kappa shape index (κ3) is 3.72. The maximum Gasteiger partial charge on any atom is 0.303 e. The van der Waals surface area contributed by atoms with Crippen LogP contribution in [0.5, 0.6) is 0 Å². The lowest BCUT2D eigenvalue weighted by Crippen LogP contribution is -2.36. The van der Waals surface area contributed by atoms with Crippen LogP contribution in [0.2, 0.25) is 0 Å². The molecule has 0 unspecified atom stereocenters. The number of carboxylic acids is 1. The number of nitrogens with one attached hydrogen (secondary N) is 1.